The molecule has 140 valence electrons. The summed E-state index contributed by atoms with van der Waals surface area (Å²) in [6.07, 6.45) is 1.87. The van der Waals surface area contributed by atoms with Gasteiger partial charge in [-0.15, -0.1) is 0 Å². The zero-order valence-corrected chi connectivity index (χ0v) is 15.9. The van der Waals surface area contributed by atoms with Gasteiger partial charge in [0.05, 0.1) is 13.2 Å². The fraction of sp³-hybridized carbons (Fsp3) is 0.647. The predicted octanol–water partition coefficient (Wildman–Crippen LogP) is 2.03. The van der Waals surface area contributed by atoms with Gasteiger partial charge in [-0.3, -0.25) is 0 Å². The molecule has 2 aliphatic rings. The van der Waals surface area contributed by atoms with E-state index in [9.17, 15) is 8.42 Å². The van der Waals surface area contributed by atoms with Crippen molar-refractivity contribution in [1.82, 2.24) is 10.0 Å². The van der Waals surface area contributed by atoms with Crippen molar-refractivity contribution < 1.29 is 17.9 Å². The molecule has 0 bridgehead atoms. The summed E-state index contributed by atoms with van der Waals surface area (Å²) in [5, 5.41) is 3.60. The standard InChI is InChI=1S/C17H25ClN2O4S/c1-12-4-6-19-9-15(12)20-25(21,22)17-8-14(18)2-3-16(17)24-11-13-5-7-23-10-13/h2-3,8,12-13,15,19-20H,4-7,9-11H2,1H3. The van der Waals surface area contributed by atoms with Gasteiger partial charge < -0.3 is 14.8 Å². The highest BCUT2D eigenvalue weighted by molar-refractivity contribution is 7.89. The van der Waals surface area contributed by atoms with Crippen LogP contribution < -0.4 is 14.8 Å². The van der Waals surface area contributed by atoms with Gasteiger partial charge in [-0.1, -0.05) is 18.5 Å². The second-order valence-electron chi connectivity index (χ2n) is 6.83. The third-order valence-electron chi connectivity index (χ3n) is 4.83. The van der Waals surface area contributed by atoms with Gasteiger partial charge in [0.25, 0.3) is 0 Å². The maximum Gasteiger partial charge on any atom is 0.244 e. The van der Waals surface area contributed by atoms with Crippen LogP contribution in [0.4, 0.5) is 0 Å². The zero-order valence-electron chi connectivity index (χ0n) is 14.3. The predicted molar refractivity (Wildman–Crippen MR) is 96.6 cm³/mol. The van der Waals surface area contributed by atoms with Crippen molar-refractivity contribution >= 4 is 21.6 Å². The first-order valence-corrected chi connectivity index (χ1v) is 10.5. The van der Waals surface area contributed by atoms with E-state index in [1.165, 1.54) is 6.07 Å². The molecular weight excluding hydrogens is 364 g/mol. The Morgan fingerprint density at radius 1 is 1.40 bits per heavy atom. The van der Waals surface area contributed by atoms with E-state index in [0.717, 1.165) is 26.0 Å². The van der Waals surface area contributed by atoms with E-state index in [1.807, 2.05) is 0 Å². The molecule has 0 radical (unpaired) electrons. The summed E-state index contributed by atoms with van der Waals surface area (Å²) in [6, 6.07) is 4.57. The topological polar surface area (TPSA) is 76.7 Å². The Kier molecular flexibility index (Phi) is 6.22. The van der Waals surface area contributed by atoms with Crippen molar-refractivity contribution in [2.75, 3.05) is 32.9 Å². The summed E-state index contributed by atoms with van der Waals surface area (Å²) in [7, 11) is -3.72. The minimum Gasteiger partial charge on any atom is -0.492 e. The number of piperidine rings is 1. The molecule has 2 heterocycles. The number of halogens is 1. The van der Waals surface area contributed by atoms with Crippen molar-refractivity contribution in [2.24, 2.45) is 11.8 Å². The molecule has 8 heteroatoms. The van der Waals surface area contributed by atoms with E-state index in [0.29, 0.717) is 36.4 Å². The lowest BCUT2D eigenvalue weighted by Gasteiger charge is -2.30. The molecule has 3 rings (SSSR count). The Balaban J connectivity index is 1.77. The van der Waals surface area contributed by atoms with Crippen LogP contribution >= 0.6 is 11.6 Å². The lowest BCUT2D eigenvalue weighted by atomic mass is 9.96. The first-order valence-electron chi connectivity index (χ1n) is 8.69. The molecule has 1 aromatic rings. The number of hydrogen-bond acceptors (Lipinski definition) is 5. The molecular formula is C17H25ClN2O4S. The van der Waals surface area contributed by atoms with Crippen molar-refractivity contribution in [2.45, 2.75) is 30.7 Å². The zero-order chi connectivity index (χ0) is 17.9. The van der Waals surface area contributed by atoms with E-state index in [4.69, 9.17) is 21.1 Å². The van der Waals surface area contributed by atoms with Crippen molar-refractivity contribution in [1.29, 1.82) is 0 Å². The average molecular weight is 389 g/mol. The molecule has 0 aliphatic carbocycles. The number of hydrogen-bond donors (Lipinski definition) is 2. The fourth-order valence-corrected chi connectivity index (χ4v) is 4.90. The van der Waals surface area contributed by atoms with Crippen LogP contribution in [0.2, 0.25) is 5.02 Å². The van der Waals surface area contributed by atoms with Gasteiger partial charge in [0.2, 0.25) is 10.0 Å². The molecule has 2 aliphatic heterocycles. The Bertz CT molecular complexity index is 692. The third-order valence-corrected chi connectivity index (χ3v) is 6.57. The van der Waals surface area contributed by atoms with Crippen molar-refractivity contribution in [3.63, 3.8) is 0 Å². The van der Waals surface area contributed by atoms with E-state index < -0.39 is 10.0 Å². The van der Waals surface area contributed by atoms with Crippen LogP contribution in [0.5, 0.6) is 5.75 Å². The molecule has 2 fully saturated rings. The molecule has 0 saturated carbocycles. The first kappa shape index (κ1) is 18.9. The maximum absolute atomic E-state index is 12.9. The van der Waals surface area contributed by atoms with Crippen LogP contribution in [0.3, 0.4) is 0 Å². The van der Waals surface area contributed by atoms with Crippen LogP contribution in [-0.4, -0.2) is 47.4 Å². The Labute approximate surface area is 154 Å². The minimum absolute atomic E-state index is 0.0942. The molecule has 0 aromatic heterocycles. The molecule has 3 unspecified atom stereocenters. The van der Waals surface area contributed by atoms with E-state index >= 15 is 0 Å². The second-order valence-corrected chi connectivity index (χ2v) is 8.95. The van der Waals surface area contributed by atoms with Crippen LogP contribution in [0.25, 0.3) is 0 Å². The van der Waals surface area contributed by atoms with Crippen LogP contribution in [-0.2, 0) is 14.8 Å². The van der Waals surface area contributed by atoms with Gasteiger partial charge in [-0.2, -0.15) is 0 Å². The lowest BCUT2D eigenvalue weighted by molar-refractivity contribution is 0.166. The van der Waals surface area contributed by atoms with Crippen LogP contribution in [0, 0.1) is 11.8 Å². The molecule has 2 saturated heterocycles. The maximum atomic E-state index is 12.9. The number of nitrogens with one attached hydrogen (secondary N) is 2. The van der Waals surface area contributed by atoms with Gasteiger partial charge >= 0.3 is 0 Å². The Morgan fingerprint density at radius 2 is 2.24 bits per heavy atom. The highest BCUT2D eigenvalue weighted by Gasteiger charge is 2.29. The fourth-order valence-electron chi connectivity index (χ4n) is 3.14. The van der Waals surface area contributed by atoms with Gasteiger partial charge in [-0.05, 0) is 43.5 Å². The average Bonchev–Trinajstić information content (AvgIpc) is 3.09. The summed E-state index contributed by atoms with van der Waals surface area (Å²) < 4.78 is 39.8. The van der Waals surface area contributed by atoms with Gasteiger partial charge in [0, 0.05) is 30.1 Å². The van der Waals surface area contributed by atoms with Crippen LogP contribution in [0.15, 0.2) is 23.1 Å². The third kappa shape index (κ3) is 4.86. The lowest BCUT2D eigenvalue weighted by Crippen LogP contribution is -2.50. The van der Waals surface area contributed by atoms with Crippen LogP contribution in [0.1, 0.15) is 19.8 Å². The molecule has 25 heavy (non-hydrogen) atoms. The summed E-state index contributed by atoms with van der Waals surface area (Å²) in [6.45, 7) is 5.41. The highest BCUT2D eigenvalue weighted by Crippen LogP contribution is 2.29. The number of sulfonamides is 1. The molecule has 0 spiro atoms. The quantitative estimate of drug-likeness (QED) is 0.779. The molecule has 6 nitrogen and oxygen atoms in total. The van der Waals surface area contributed by atoms with Gasteiger partial charge in [0.15, 0.2) is 0 Å². The van der Waals surface area contributed by atoms with Crippen molar-refractivity contribution in [3.8, 4) is 5.75 Å². The Morgan fingerprint density at radius 3 is 2.96 bits per heavy atom. The minimum atomic E-state index is -3.72. The number of ether oxygens (including phenoxy) is 2. The SMILES string of the molecule is CC1CCNCC1NS(=O)(=O)c1cc(Cl)ccc1OCC1CCOC1. The normalized spacial score (nSPS) is 27.4. The van der Waals surface area contributed by atoms with Crippen molar-refractivity contribution in [3.05, 3.63) is 23.2 Å². The summed E-state index contributed by atoms with van der Waals surface area (Å²) in [5.41, 5.74) is 0. The largest absolute Gasteiger partial charge is 0.492 e. The van der Waals surface area contributed by atoms with Gasteiger partial charge in [-0.25, -0.2) is 13.1 Å². The monoisotopic (exact) mass is 388 g/mol. The summed E-state index contributed by atoms with van der Waals surface area (Å²) in [4.78, 5) is 0.0942. The molecule has 1 aromatic carbocycles. The number of benzene rings is 1. The van der Waals surface area contributed by atoms with E-state index in [2.05, 4.69) is 17.0 Å². The molecule has 0 amide bonds. The molecule has 3 atom stereocenters. The Hall–Kier alpha value is -0.860. The van der Waals surface area contributed by atoms with Gasteiger partial charge in [0.1, 0.15) is 10.6 Å². The molecule has 2 N–H and O–H groups in total. The van der Waals surface area contributed by atoms with E-state index in [-0.39, 0.29) is 16.9 Å². The highest BCUT2D eigenvalue weighted by atomic mass is 35.5. The number of rotatable bonds is 6. The first-order chi connectivity index (χ1) is 12.0. The summed E-state index contributed by atoms with van der Waals surface area (Å²) in [5.74, 6) is 0.900. The second kappa shape index (κ2) is 8.22. The summed E-state index contributed by atoms with van der Waals surface area (Å²) >= 11 is 6.04. The smallest absolute Gasteiger partial charge is 0.244 e. The van der Waals surface area contributed by atoms with E-state index in [1.54, 1.807) is 12.1 Å².